The molecule has 2 rings (SSSR count). The zero-order valence-corrected chi connectivity index (χ0v) is 12.4. The van der Waals surface area contributed by atoms with E-state index in [0.717, 1.165) is 4.57 Å². The quantitative estimate of drug-likeness (QED) is 0.428. The van der Waals surface area contributed by atoms with Crippen molar-refractivity contribution < 1.29 is 38.5 Å². The van der Waals surface area contributed by atoms with Gasteiger partial charge in [0.1, 0.15) is 5.82 Å². The Labute approximate surface area is 128 Å². The Bertz CT molecular complexity index is 686. The van der Waals surface area contributed by atoms with Gasteiger partial charge in [0.25, 0.3) is 5.85 Å². The van der Waals surface area contributed by atoms with Crippen LogP contribution >= 0.6 is 7.60 Å². The van der Waals surface area contributed by atoms with Crippen LogP contribution < -0.4 is 11.4 Å². The Morgan fingerprint density at radius 3 is 2.87 bits per heavy atom. The fraction of sp³-hybridized carbons (Fsp3) is 0.500. The Kier molecular flexibility index (Phi) is 5.14. The monoisotopic (exact) mass is 351 g/mol. The highest BCUT2D eigenvalue weighted by molar-refractivity contribution is 7.53. The normalized spacial score (nSPS) is 22.9. The van der Waals surface area contributed by atoms with Crippen LogP contribution in [0.2, 0.25) is 0 Å². The van der Waals surface area contributed by atoms with Crippen molar-refractivity contribution in [3.05, 3.63) is 22.7 Å². The summed E-state index contributed by atoms with van der Waals surface area (Å²) in [6.45, 7) is -0.608. The minimum Gasteiger partial charge on any atom is -0.479 e. The molecule has 128 valence electrons. The van der Waals surface area contributed by atoms with Crippen LogP contribution in [0, 0.1) is 0 Å². The number of aliphatic carboxylic acids is 1. The topological polar surface area (TPSA) is 183 Å². The maximum Gasteiger partial charge on any atom is 0.365 e. The minimum atomic E-state index is -4.99. The summed E-state index contributed by atoms with van der Waals surface area (Å²) in [5.74, 6) is -4.10. The van der Waals surface area contributed by atoms with Crippen molar-refractivity contribution in [1.82, 2.24) is 9.55 Å². The van der Waals surface area contributed by atoms with Gasteiger partial charge in [-0.05, 0) is 6.07 Å². The average Bonchev–Trinajstić information content (AvgIpc) is 2.85. The molecular weight excluding hydrogens is 337 g/mol. The number of nitrogens with zero attached hydrogens (tertiary/aromatic N) is 2. The summed E-state index contributed by atoms with van der Waals surface area (Å²) in [6.07, 6.45) is -0.599. The summed E-state index contributed by atoms with van der Waals surface area (Å²) < 4.78 is 27.2. The molecule has 12 nitrogen and oxygen atoms in total. The second-order valence-electron chi connectivity index (χ2n) is 4.51. The first-order valence-corrected chi connectivity index (χ1v) is 7.88. The lowest BCUT2D eigenvalue weighted by Crippen LogP contribution is -2.30. The predicted molar refractivity (Wildman–Crippen MR) is 72.2 cm³/mol. The van der Waals surface area contributed by atoms with E-state index in [1.54, 1.807) is 0 Å². The molecule has 0 saturated carbocycles. The van der Waals surface area contributed by atoms with E-state index in [9.17, 15) is 14.2 Å². The minimum absolute atomic E-state index is 0.0380. The SMILES string of the molecule is Nc1ccn([C@@H]2CO[C@H](COC(C(=O)O)P(=O)(O)O)O2)c(=O)n1. The summed E-state index contributed by atoms with van der Waals surface area (Å²) in [7, 11) is -4.99. The molecule has 0 aromatic carbocycles. The van der Waals surface area contributed by atoms with Crippen LogP contribution in [-0.2, 0) is 23.6 Å². The molecule has 0 amide bonds. The third-order valence-electron chi connectivity index (χ3n) is 2.80. The number of rotatable bonds is 6. The van der Waals surface area contributed by atoms with Crippen molar-refractivity contribution in [2.45, 2.75) is 18.4 Å². The maximum absolute atomic E-state index is 11.6. The number of hydrogen-bond donors (Lipinski definition) is 4. The van der Waals surface area contributed by atoms with Gasteiger partial charge in [-0.2, -0.15) is 4.98 Å². The van der Waals surface area contributed by atoms with E-state index in [4.69, 9.17) is 30.1 Å². The van der Waals surface area contributed by atoms with Gasteiger partial charge in [-0.3, -0.25) is 9.13 Å². The van der Waals surface area contributed by atoms with Crippen molar-refractivity contribution in [3.63, 3.8) is 0 Å². The summed E-state index contributed by atoms with van der Waals surface area (Å²) in [6, 6.07) is 1.38. The largest absolute Gasteiger partial charge is 0.479 e. The third kappa shape index (κ3) is 4.34. The standard InChI is InChI=1S/C10H14N3O9P/c11-5-1-2-13(10(16)12-5)6-3-20-7(22-6)4-21-9(8(14)15)23(17,18)19/h1-2,6-7,9H,3-4H2,(H,14,15)(H2,11,12,16)(H2,17,18,19)/t6-,7-,9?/m0/s1. The van der Waals surface area contributed by atoms with E-state index in [1.807, 2.05) is 0 Å². The number of nitrogen functional groups attached to an aromatic ring is 1. The number of ether oxygens (including phenoxy) is 3. The van der Waals surface area contributed by atoms with E-state index in [1.165, 1.54) is 12.3 Å². The van der Waals surface area contributed by atoms with Gasteiger partial charge in [0, 0.05) is 6.20 Å². The molecular formula is C10H14N3O9P. The lowest BCUT2D eigenvalue weighted by atomic mass is 10.5. The van der Waals surface area contributed by atoms with Gasteiger partial charge in [0.2, 0.25) is 0 Å². The summed E-state index contributed by atoms with van der Waals surface area (Å²) >= 11 is 0. The maximum atomic E-state index is 11.6. The highest BCUT2D eigenvalue weighted by Gasteiger charge is 2.38. The molecule has 1 saturated heterocycles. The van der Waals surface area contributed by atoms with Gasteiger partial charge >= 0.3 is 19.3 Å². The Morgan fingerprint density at radius 2 is 2.30 bits per heavy atom. The molecule has 1 aliphatic rings. The number of carbonyl (C=O) groups is 1. The van der Waals surface area contributed by atoms with Crippen molar-refractivity contribution in [3.8, 4) is 0 Å². The number of carboxylic acid groups (broad SMARTS) is 1. The van der Waals surface area contributed by atoms with E-state index < -0.39 is 44.2 Å². The van der Waals surface area contributed by atoms with E-state index >= 15 is 0 Å². The molecule has 1 aliphatic heterocycles. The number of carboxylic acids is 1. The number of hydrogen-bond acceptors (Lipinski definition) is 8. The number of aromatic nitrogens is 2. The first-order chi connectivity index (χ1) is 10.7. The summed E-state index contributed by atoms with van der Waals surface area (Å²) in [5, 5.41) is 8.71. The van der Waals surface area contributed by atoms with E-state index in [2.05, 4.69) is 9.72 Å². The van der Waals surface area contributed by atoms with Crippen LogP contribution in [0.5, 0.6) is 0 Å². The van der Waals surface area contributed by atoms with Crippen LogP contribution in [0.3, 0.4) is 0 Å². The molecule has 23 heavy (non-hydrogen) atoms. The van der Waals surface area contributed by atoms with Crippen LogP contribution in [0.4, 0.5) is 5.82 Å². The zero-order chi connectivity index (χ0) is 17.2. The van der Waals surface area contributed by atoms with Crippen LogP contribution in [0.1, 0.15) is 6.23 Å². The lowest BCUT2D eigenvalue weighted by molar-refractivity contribution is -0.155. The van der Waals surface area contributed by atoms with Gasteiger partial charge < -0.3 is 34.8 Å². The molecule has 3 atom stereocenters. The second kappa shape index (κ2) is 6.74. The Morgan fingerprint density at radius 1 is 1.61 bits per heavy atom. The predicted octanol–water partition coefficient (Wildman–Crippen LogP) is -1.70. The molecule has 13 heteroatoms. The smallest absolute Gasteiger partial charge is 0.365 e. The van der Waals surface area contributed by atoms with Crippen molar-refractivity contribution in [1.29, 1.82) is 0 Å². The van der Waals surface area contributed by atoms with Crippen LogP contribution in [-0.4, -0.2) is 55.8 Å². The van der Waals surface area contributed by atoms with E-state index in [0.29, 0.717) is 0 Å². The summed E-state index contributed by atoms with van der Waals surface area (Å²) in [5.41, 5.74) is 4.69. The molecule has 1 aromatic heterocycles. The molecule has 0 aliphatic carbocycles. The highest BCUT2D eigenvalue weighted by atomic mass is 31.2. The number of nitrogens with two attached hydrogens (primary N) is 1. The molecule has 0 spiro atoms. The number of anilines is 1. The molecule has 1 aromatic rings. The van der Waals surface area contributed by atoms with Crippen molar-refractivity contribution >= 4 is 19.4 Å². The first kappa shape index (κ1) is 17.5. The molecule has 0 bridgehead atoms. The Hall–Kier alpha value is -1.82. The lowest BCUT2D eigenvalue weighted by Gasteiger charge is -2.17. The van der Waals surface area contributed by atoms with Crippen molar-refractivity contribution in [2.24, 2.45) is 0 Å². The molecule has 0 radical (unpaired) electrons. The fourth-order valence-corrected chi connectivity index (χ4v) is 2.37. The Balaban J connectivity index is 1.97. The molecule has 1 fully saturated rings. The molecule has 2 heterocycles. The average molecular weight is 351 g/mol. The van der Waals surface area contributed by atoms with Crippen molar-refractivity contribution in [2.75, 3.05) is 18.9 Å². The zero-order valence-electron chi connectivity index (χ0n) is 11.5. The first-order valence-electron chi connectivity index (χ1n) is 6.20. The highest BCUT2D eigenvalue weighted by Crippen LogP contribution is 2.42. The van der Waals surface area contributed by atoms with Crippen LogP contribution in [0.25, 0.3) is 0 Å². The van der Waals surface area contributed by atoms with Crippen LogP contribution in [0.15, 0.2) is 17.1 Å². The molecule has 5 N–H and O–H groups in total. The van der Waals surface area contributed by atoms with Gasteiger partial charge in [-0.15, -0.1) is 0 Å². The molecule has 1 unspecified atom stereocenters. The second-order valence-corrected chi connectivity index (χ2v) is 6.16. The van der Waals surface area contributed by atoms with Gasteiger partial charge in [-0.1, -0.05) is 0 Å². The van der Waals surface area contributed by atoms with E-state index in [-0.39, 0.29) is 12.4 Å². The third-order valence-corrected chi connectivity index (χ3v) is 3.78. The summed E-state index contributed by atoms with van der Waals surface area (Å²) in [4.78, 5) is 43.6. The fourth-order valence-electron chi connectivity index (χ4n) is 1.80. The van der Waals surface area contributed by atoms with Gasteiger partial charge in [0.05, 0.1) is 13.2 Å². The van der Waals surface area contributed by atoms with Gasteiger partial charge in [0.15, 0.2) is 12.5 Å². The van der Waals surface area contributed by atoms with Gasteiger partial charge in [-0.25, -0.2) is 9.59 Å².